The van der Waals surface area contributed by atoms with Gasteiger partial charge in [0.2, 0.25) is 5.91 Å². The quantitative estimate of drug-likeness (QED) is 0.722. The van der Waals surface area contributed by atoms with Gasteiger partial charge in [-0.25, -0.2) is 4.79 Å². The van der Waals surface area contributed by atoms with Crippen molar-refractivity contribution in [2.45, 2.75) is 45.6 Å². The second kappa shape index (κ2) is 6.12. The van der Waals surface area contributed by atoms with E-state index in [2.05, 4.69) is 13.8 Å². The van der Waals surface area contributed by atoms with E-state index in [1.807, 2.05) is 0 Å². The van der Waals surface area contributed by atoms with Crippen molar-refractivity contribution in [2.24, 2.45) is 11.3 Å². The van der Waals surface area contributed by atoms with Gasteiger partial charge in [-0.1, -0.05) is 26.7 Å². The summed E-state index contributed by atoms with van der Waals surface area (Å²) in [6, 6.07) is -0.584. The van der Waals surface area contributed by atoms with Gasteiger partial charge in [0.25, 0.3) is 0 Å². The molecule has 2 rings (SSSR count). The minimum Gasteiger partial charge on any atom is -0.467 e. The number of hydrogen-bond acceptors (Lipinski definition) is 4. The standard InChI is InChI=1S/C15H25NO4/c1-15(2)7-5-4-6-11(15)13(17)16-8-9-20-10-12(16)14(18)19-3/h11-12H,4-10H2,1-3H3. The van der Waals surface area contributed by atoms with Crippen LogP contribution in [0, 0.1) is 11.3 Å². The van der Waals surface area contributed by atoms with Crippen molar-refractivity contribution < 1.29 is 19.1 Å². The molecule has 0 aromatic heterocycles. The molecule has 1 aliphatic heterocycles. The molecule has 2 aliphatic rings. The first-order chi connectivity index (χ1) is 9.47. The number of methoxy groups -OCH3 is 1. The molecule has 1 amide bonds. The number of carbonyl (C=O) groups is 2. The normalized spacial score (nSPS) is 29.9. The second-order valence-corrected chi connectivity index (χ2v) is 6.43. The Morgan fingerprint density at radius 1 is 1.30 bits per heavy atom. The number of rotatable bonds is 2. The highest BCUT2D eigenvalue weighted by atomic mass is 16.5. The van der Waals surface area contributed by atoms with Gasteiger partial charge in [0.05, 0.1) is 20.3 Å². The average Bonchev–Trinajstić information content (AvgIpc) is 2.45. The van der Waals surface area contributed by atoms with E-state index in [9.17, 15) is 9.59 Å². The van der Waals surface area contributed by atoms with Crippen LogP contribution in [0.2, 0.25) is 0 Å². The van der Waals surface area contributed by atoms with E-state index < -0.39 is 6.04 Å². The van der Waals surface area contributed by atoms with Crippen LogP contribution in [0.5, 0.6) is 0 Å². The summed E-state index contributed by atoms with van der Waals surface area (Å²) >= 11 is 0. The fourth-order valence-electron chi connectivity index (χ4n) is 3.35. The van der Waals surface area contributed by atoms with E-state index in [0.29, 0.717) is 13.2 Å². The molecule has 5 nitrogen and oxygen atoms in total. The van der Waals surface area contributed by atoms with Crippen molar-refractivity contribution in [1.29, 1.82) is 0 Å². The molecule has 0 N–H and O–H groups in total. The predicted molar refractivity (Wildman–Crippen MR) is 74.1 cm³/mol. The maximum Gasteiger partial charge on any atom is 0.331 e. The summed E-state index contributed by atoms with van der Waals surface area (Å²) in [4.78, 5) is 26.4. The highest BCUT2D eigenvalue weighted by Crippen LogP contribution is 2.41. The Morgan fingerprint density at radius 2 is 2.05 bits per heavy atom. The fraction of sp³-hybridized carbons (Fsp3) is 0.867. The van der Waals surface area contributed by atoms with Gasteiger partial charge in [-0.3, -0.25) is 4.79 Å². The number of morpholine rings is 1. The molecule has 5 heteroatoms. The van der Waals surface area contributed by atoms with Crippen molar-refractivity contribution in [1.82, 2.24) is 4.90 Å². The van der Waals surface area contributed by atoms with Crippen LogP contribution in [0.25, 0.3) is 0 Å². The van der Waals surface area contributed by atoms with Crippen LogP contribution in [0.1, 0.15) is 39.5 Å². The first-order valence-corrected chi connectivity index (χ1v) is 7.43. The van der Waals surface area contributed by atoms with E-state index in [1.165, 1.54) is 13.5 Å². The molecule has 0 spiro atoms. The molecule has 2 fully saturated rings. The lowest BCUT2D eigenvalue weighted by Crippen LogP contribution is -2.56. The van der Waals surface area contributed by atoms with Crippen molar-refractivity contribution in [3.63, 3.8) is 0 Å². The molecule has 1 aliphatic carbocycles. The van der Waals surface area contributed by atoms with Gasteiger partial charge in [0.1, 0.15) is 0 Å². The van der Waals surface area contributed by atoms with Crippen LogP contribution >= 0.6 is 0 Å². The zero-order chi connectivity index (χ0) is 14.8. The van der Waals surface area contributed by atoms with E-state index in [0.717, 1.165) is 19.3 Å². The third-order valence-corrected chi connectivity index (χ3v) is 4.69. The van der Waals surface area contributed by atoms with Crippen molar-refractivity contribution in [3.8, 4) is 0 Å². The number of hydrogen-bond donors (Lipinski definition) is 0. The molecule has 0 aromatic carbocycles. The molecule has 2 unspecified atom stereocenters. The van der Waals surface area contributed by atoms with Crippen LogP contribution < -0.4 is 0 Å². The Balaban J connectivity index is 2.14. The Kier molecular flexibility index (Phi) is 4.68. The minimum absolute atomic E-state index is 0.00139. The van der Waals surface area contributed by atoms with Crippen LogP contribution in [-0.4, -0.2) is 49.7 Å². The maximum atomic E-state index is 12.9. The lowest BCUT2D eigenvalue weighted by molar-refractivity contribution is -0.165. The van der Waals surface area contributed by atoms with Gasteiger partial charge in [-0.2, -0.15) is 0 Å². The molecule has 1 saturated carbocycles. The number of ether oxygens (including phenoxy) is 2. The Bertz CT molecular complexity index is 380. The van der Waals surface area contributed by atoms with Gasteiger partial charge < -0.3 is 14.4 Å². The molecule has 1 heterocycles. The van der Waals surface area contributed by atoms with Gasteiger partial charge >= 0.3 is 5.97 Å². The first-order valence-electron chi connectivity index (χ1n) is 7.43. The molecule has 0 radical (unpaired) electrons. The van der Waals surface area contributed by atoms with Gasteiger partial charge in [0, 0.05) is 12.5 Å². The summed E-state index contributed by atoms with van der Waals surface area (Å²) < 4.78 is 10.1. The van der Waals surface area contributed by atoms with Crippen LogP contribution in [0.4, 0.5) is 0 Å². The summed E-state index contributed by atoms with van der Waals surface area (Å²) in [5, 5.41) is 0. The van der Waals surface area contributed by atoms with E-state index in [4.69, 9.17) is 9.47 Å². The number of nitrogens with zero attached hydrogens (tertiary/aromatic N) is 1. The molecule has 0 aromatic rings. The third-order valence-electron chi connectivity index (χ3n) is 4.69. The molecule has 114 valence electrons. The SMILES string of the molecule is COC(=O)C1COCCN1C(=O)C1CCCCC1(C)C. The smallest absolute Gasteiger partial charge is 0.331 e. The Hall–Kier alpha value is -1.10. The predicted octanol–water partition coefficient (Wildman–Crippen LogP) is 1.60. The van der Waals surface area contributed by atoms with Crippen molar-refractivity contribution >= 4 is 11.9 Å². The number of esters is 1. The van der Waals surface area contributed by atoms with Crippen molar-refractivity contribution in [3.05, 3.63) is 0 Å². The third kappa shape index (κ3) is 2.97. The Morgan fingerprint density at radius 3 is 2.70 bits per heavy atom. The summed E-state index contributed by atoms with van der Waals surface area (Å²) in [5.41, 5.74) is 0.00824. The summed E-state index contributed by atoms with van der Waals surface area (Å²) in [5.74, 6) is -0.290. The second-order valence-electron chi connectivity index (χ2n) is 6.43. The zero-order valence-electron chi connectivity index (χ0n) is 12.7. The summed E-state index contributed by atoms with van der Waals surface area (Å²) in [6.07, 6.45) is 4.25. The molecule has 20 heavy (non-hydrogen) atoms. The molecular formula is C15H25NO4. The largest absolute Gasteiger partial charge is 0.467 e. The van der Waals surface area contributed by atoms with E-state index in [-0.39, 0.29) is 29.8 Å². The first kappa shape index (κ1) is 15.3. The molecule has 0 bridgehead atoms. The molecular weight excluding hydrogens is 258 g/mol. The number of amides is 1. The topological polar surface area (TPSA) is 55.8 Å². The minimum atomic E-state index is -0.584. The average molecular weight is 283 g/mol. The van der Waals surface area contributed by atoms with Gasteiger partial charge in [-0.15, -0.1) is 0 Å². The lowest BCUT2D eigenvalue weighted by atomic mass is 9.68. The zero-order valence-corrected chi connectivity index (χ0v) is 12.7. The highest BCUT2D eigenvalue weighted by molar-refractivity contribution is 5.86. The van der Waals surface area contributed by atoms with Crippen LogP contribution in [-0.2, 0) is 19.1 Å². The highest BCUT2D eigenvalue weighted by Gasteiger charge is 2.43. The lowest BCUT2D eigenvalue weighted by Gasteiger charge is -2.43. The van der Waals surface area contributed by atoms with Crippen LogP contribution in [0.3, 0.4) is 0 Å². The summed E-state index contributed by atoms with van der Waals surface area (Å²) in [6.45, 7) is 5.52. The van der Waals surface area contributed by atoms with Gasteiger partial charge in [-0.05, 0) is 18.3 Å². The summed E-state index contributed by atoms with van der Waals surface area (Å²) in [7, 11) is 1.35. The Labute approximate surface area is 120 Å². The van der Waals surface area contributed by atoms with Gasteiger partial charge in [0.15, 0.2) is 6.04 Å². The fourth-order valence-corrected chi connectivity index (χ4v) is 3.35. The maximum absolute atomic E-state index is 12.9. The molecule has 1 saturated heterocycles. The number of carbonyl (C=O) groups excluding carboxylic acids is 2. The van der Waals surface area contributed by atoms with E-state index >= 15 is 0 Å². The van der Waals surface area contributed by atoms with Crippen LogP contribution in [0.15, 0.2) is 0 Å². The van der Waals surface area contributed by atoms with E-state index in [1.54, 1.807) is 4.90 Å². The molecule has 2 atom stereocenters. The monoisotopic (exact) mass is 283 g/mol. The van der Waals surface area contributed by atoms with Crippen molar-refractivity contribution in [2.75, 3.05) is 26.9 Å².